The predicted molar refractivity (Wildman–Crippen MR) is 159 cm³/mol. The van der Waals surface area contributed by atoms with Gasteiger partial charge in [-0.3, -0.25) is 4.79 Å². The molecule has 4 rings (SSSR count). The highest BCUT2D eigenvalue weighted by molar-refractivity contribution is 9.10. The lowest BCUT2D eigenvalue weighted by molar-refractivity contribution is 0.0734. The first-order valence-electron chi connectivity index (χ1n) is 12.5. The van der Waals surface area contributed by atoms with Gasteiger partial charge in [-0.25, -0.2) is 10.2 Å². The molecule has 4 aromatic rings. The Kier molecular flexibility index (Phi) is 10.3. The Balaban J connectivity index is 1.34. The minimum Gasteiger partial charge on any atom is -0.494 e. The largest absolute Gasteiger partial charge is 0.494 e. The molecule has 0 aromatic heterocycles. The smallest absolute Gasteiger partial charge is 0.343 e. The molecule has 0 saturated carbocycles. The van der Waals surface area contributed by atoms with E-state index in [0.29, 0.717) is 52.2 Å². The molecule has 9 heteroatoms. The van der Waals surface area contributed by atoms with Crippen LogP contribution in [-0.4, -0.2) is 24.7 Å². The molecule has 7 nitrogen and oxygen atoms in total. The summed E-state index contributed by atoms with van der Waals surface area (Å²) in [4.78, 5) is 25.3. The summed E-state index contributed by atoms with van der Waals surface area (Å²) >= 11 is 9.32. The minimum atomic E-state index is -0.526. The van der Waals surface area contributed by atoms with E-state index in [4.69, 9.17) is 25.8 Å². The van der Waals surface area contributed by atoms with Crippen LogP contribution in [0, 0.1) is 0 Å². The summed E-state index contributed by atoms with van der Waals surface area (Å²) in [5.74, 6) is 0.671. The van der Waals surface area contributed by atoms with Crippen LogP contribution in [0.1, 0.15) is 45.2 Å². The fraction of sp³-hybridized carbons (Fsp3) is 0.129. The first-order valence-corrected chi connectivity index (χ1v) is 13.6. The molecule has 0 unspecified atom stereocenters. The van der Waals surface area contributed by atoms with Gasteiger partial charge in [0.25, 0.3) is 5.91 Å². The summed E-state index contributed by atoms with van der Waals surface area (Å²) in [7, 11) is 0. The number of carbonyl (C=O) groups is 2. The molecular formula is C31H26BrClN2O5. The third-order valence-electron chi connectivity index (χ3n) is 5.54. The van der Waals surface area contributed by atoms with Gasteiger partial charge in [-0.2, -0.15) is 5.10 Å². The Bertz CT molecular complexity index is 1470. The SMILES string of the molecule is CCCOc1ccc(C(=O)Oc2ccc(Br)cc2C=NNC(=O)c2ccc(OCc3ccc(Cl)cc3)cc2)cc1. The zero-order valence-corrected chi connectivity index (χ0v) is 23.9. The van der Waals surface area contributed by atoms with Gasteiger partial charge in [-0.1, -0.05) is 46.6 Å². The van der Waals surface area contributed by atoms with Crippen molar-refractivity contribution >= 4 is 45.6 Å². The normalized spacial score (nSPS) is 10.8. The van der Waals surface area contributed by atoms with Gasteiger partial charge in [0, 0.05) is 20.6 Å². The van der Waals surface area contributed by atoms with E-state index < -0.39 is 11.9 Å². The van der Waals surface area contributed by atoms with E-state index in [1.165, 1.54) is 6.21 Å². The molecule has 0 heterocycles. The topological polar surface area (TPSA) is 86.2 Å². The number of ether oxygens (including phenoxy) is 3. The summed E-state index contributed by atoms with van der Waals surface area (Å²) < 4.78 is 17.7. The van der Waals surface area contributed by atoms with Gasteiger partial charge in [0.2, 0.25) is 0 Å². The van der Waals surface area contributed by atoms with Gasteiger partial charge in [-0.05, 0) is 90.8 Å². The zero-order valence-electron chi connectivity index (χ0n) is 21.6. The van der Waals surface area contributed by atoms with Gasteiger partial charge in [0.05, 0.1) is 18.4 Å². The number of hydrogen-bond acceptors (Lipinski definition) is 6. The highest BCUT2D eigenvalue weighted by atomic mass is 79.9. The Hall–Kier alpha value is -4.14. The average Bonchev–Trinajstić information content (AvgIpc) is 2.97. The first-order chi connectivity index (χ1) is 19.4. The van der Waals surface area contributed by atoms with Crippen molar-refractivity contribution in [3.63, 3.8) is 0 Å². The van der Waals surface area contributed by atoms with Gasteiger partial charge < -0.3 is 14.2 Å². The molecule has 0 aliphatic carbocycles. The Morgan fingerprint density at radius 3 is 2.20 bits per heavy atom. The number of nitrogens with one attached hydrogen (secondary N) is 1. The molecule has 0 saturated heterocycles. The van der Waals surface area contributed by atoms with E-state index in [1.807, 2.05) is 19.1 Å². The lowest BCUT2D eigenvalue weighted by Gasteiger charge is -2.09. The van der Waals surface area contributed by atoms with Gasteiger partial charge in [0.15, 0.2) is 0 Å². The maximum atomic E-state index is 12.7. The van der Waals surface area contributed by atoms with Crippen molar-refractivity contribution in [2.75, 3.05) is 6.61 Å². The molecule has 0 atom stereocenters. The monoisotopic (exact) mass is 620 g/mol. The summed E-state index contributed by atoms with van der Waals surface area (Å²) in [5.41, 5.74) is 4.75. The molecule has 204 valence electrons. The number of hydrogen-bond donors (Lipinski definition) is 1. The molecule has 0 spiro atoms. The standard InChI is InChI=1S/C31H26BrClN2O5/c1-2-17-38-27-14-7-23(8-15-27)31(37)40-29-16-9-25(32)18-24(29)19-34-35-30(36)22-5-12-28(13-6-22)39-20-21-3-10-26(33)11-4-21/h3-16,18-19H,2,17,20H2,1H3,(H,35,36). The van der Waals surface area contributed by atoms with Gasteiger partial charge in [-0.15, -0.1) is 0 Å². The molecule has 1 amide bonds. The summed E-state index contributed by atoms with van der Waals surface area (Å²) in [6.07, 6.45) is 2.31. The van der Waals surface area contributed by atoms with Crippen LogP contribution < -0.4 is 19.6 Å². The average molecular weight is 622 g/mol. The van der Waals surface area contributed by atoms with Crippen LogP contribution in [0.25, 0.3) is 0 Å². The van der Waals surface area contributed by atoms with Crippen molar-refractivity contribution in [1.82, 2.24) is 5.43 Å². The first kappa shape index (κ1) is 28.9. The van der Waals surface area contributed by atoms with E-state index in [0.717, 1.165) is 16.5 Å². The molecular weight excluding hydrogens is 596 g/mol. The number of esters is 1. The predicted octanol–water partition coefficient (Wildman–Crippen LogP) is 7.45. The van der Waals surface area contributed by atoms with Crippen molar-refractivity contribution in [1.29, 1.82) is 0 Å². The summed E-state index contributed by atoms with van der Waals surface area (Å²) in [6, 6.07) is 26.0. The molecule has 0 aliphatic heterocycles. The Labute approximate surface area is 245 Å². The number of carbonyl (C=O) groups excluding carboxylic acids is 2. The van der Waals surface area contributed by atoms with Crippen LogP contribution in [0.15, 0.2) is 101 Å². The number of nitrogens with zero attached hydrogens (tertiary/aromatic N) is 1. The second kappa shape index (κ2) is 14.3. The van der Waals surface area contributed by atoms with Crippen molar-refractivity contribution in [3.05, 3.63) is 123 Å². The van der Waals surface area contributed by atoms with Crippen LogP contribution >= 0.6 is 27.5 Å². The molecule has 4 aromatic carbocycles. The summed E-state index contributed by atoms with van der Waals surface area (Å²) in [6.45, 7) is 3.01. The third kappa shape index (κ3) is 8.43. The lowest BCUT2D eigenvalue weighted by Crippen LogP contribution is -2.17. The maximum Gasteiger partial charge on any atom is 0.343 e. The second-order valence-corrected chi connectivity index (χ2v) is 9.94. The number of halogens is 2. The Morgan fingerprint density at radius 1 is 0.875 bits per heavy atom. The summed E-state index contributed by atoms with van der Waals surface area (Å²) in [5, 5.41) is 4.72. The van der Waals surface area contributed by atoms with Crippen LogP contribution in [0.5, 0.6) is 17.2 Å². The zero-order chi connectivity index (χ0) is 28.3. The fourth-order valence-corrected chi connectivity index (χ4v) is 3.96. The maximum absolute atomic E-state index is 12.7. The molecule has 1 N–H and O–H groups in total. The van der Waals surface area contributed by atoms with Crippen molar-refractivity contribution in [2.24, 2.45) is 5.10 Å². The number of hydrazone groups is 1. The van der Waals surface area contributed by atoms with E-state index in [-0.39, 0.29) is 0 Å². The second-order valence-electron chi connectivity index (χ2n) is 8.58. The molecule has 0 bridgehead atoms. The Morgan fingerprint density at radius 2 is 1.52 bits per heavy atom. The van der Waals surface area contributed by atoms with Gasteiger partial charge in [0.1, 0.15) is 23.9 Å². The van der Waals surface area contributed by atoms with Crippen molar-refractivity contribution in [2.45, 2.75) is 20.0 Å². The van der Waals surface area contributed by atoms with Crippen LogP contribution in [0.3, 0.4) is 0 Å². The number of rotatable bonds is 11. The molecule has 40 heavy (non-hydrogen) atoms. The quantitative estimate of drug-likeness (QED) is 0.0814. The fourth-order valence-electron chi connectivity index (χ4n) is 3.45. The highest BCUT2D eigenvalue weighted by Gasteiger charge is 2.12. The highest BCUT2D eigenvalue weighted by Crippen LogP contribution is 2.23. The minimum absolute atomic E-state index is 0.291. The van der Waals surface area contributed by atoms with E-state index in [1.54, 1.807) is 78.9 Å². The van der Waals surface area contributed by atoms with Crippen LogP contribution in [0.2, 0.25) is 5.02 Å². The van der Waals surface area contributed by atoms with Gasteiger partial charge >= 0.3 is 5.97 Å². The third-order valence-corrected chi connectivity index (χ3v) is 6.29. The van der Waals surface area contributed by atoms with Crippen LogP contribution in [-0.2, 0) is 6.61 Å². The van der Waals surface area contributed by atoms with Crippen molar-refractivity contribution in [3.8, 4) is 17.2 Å². The van der Waals surface area contributed by atoms with Crippen LogP contribution in [0.4, 0.5) is 0 Å². The number of benzene rings is 4. The van der Waals surface area contributed by atoms with Crippen molar-refractivity contribution < 1.29 is 23.8 Å². The molecule has 0 aliphatic rings. The lowest BCUT2D eigenvalue weighted by atomic mass is 10.2. The van der Waals surface area contributed by atoms with E-state index in [9.17, 15) is 9.59 Å². The van der Waals surface area contributed by atoms with E-state index in [2.05, 4.69) is 26.5 Å². The number of amides is 1. The molecule has 0 fully saturated rings. The molecule has 0 radical (unpaired) electrons. The van der Waals surface area contributed by atoms with E-state index >= 15 is 0 Å².